The third-order valence-corrected chi connectivity index (χ3v) is 10.4. The highest BCUT2D eigenvalue weighted by atomic mass is 31.2. The predicted octanol–water partition coefficient (Wildman–Crippen LogP) is 10.2. The van der Waals surface area contributed by atoms with Crippen LogP contribution >= 0.6 is 15.6 Å². The number of hydrogen-bond acceptors (Lipinski definition) is 11. The van der Waals surface area contributed by atoms with Gasteiger partial charge in [0.1, 0.15) is 12.7 Å². The Bertz CT molecular complexity index is 1310. The number of esters is 2. The van der Waals surface area contributed by atoms with Crippen LogP contribution in [-0.2, 0) is 41.8 Å². The monoisotopic (exact) mass is 892 g/mol. The molecule has 0 aromatic carbocycles. The third kappa shape index (κ3) is 42.5. The van der Waals surface area contributed by atoms with Crippen molar-refractivity contribution in [2.75, 3.05) is 26.4 Å². The van der Waals surface area contributed by atoms with Gasteiger partial charge in [-0.2, -0.15) is 0 Å². The van der Waals surface area contributed by atoms with E-state index in [1.807, 2.05) is 36.5 Å². The number of phosphoric ester groups is 2. The van der Waals surface area contributed by atoms with Gasteiger partial charge in [0.2, 0.25) is 0 Å². The Labute approximate surface area is 360 Å². The van der Waals surface area contributed by atoms with Crippen LogP contribution in [0.1, 0.15) is 162 Å². The van der Waals surface area contributed by atoms with E-state index in [0.717, 1.165) is 38.5 Å². The maximum Gasteiger partial charge on any atom is 0.472 e. The number of unbranched alkanes of at least 4 members (excludes halogenated alkanes) is 15. The van der Waals surface area contributed by atoms with Crippen LogP contribution in [0.5, 0.6) is 0 Å². The summed E-state index contributed by atoms with van der Waals surface area (Å²) in [5.74, 6) is -1.14. The first kappa shape index (κ1) is 57.8. The molecule has 0 aliphatic heterocycles. The Morgan fingerprint density at radius 2 is 1.07 bits per heavy atom. The lowest BCUT2D eigenvalue weighted by Gasteiger charge is -2.20. The lowest BCUT2D eigenvalue weighted by atomic mass is 10.1. The first-order valence-corrected chi connectivity index (χ1v) is 25.1. The fraction of sp³-hybridized carbons (Fsp3) is 0.727. The highest BCUT2D eigenvalue weighted by Crippen LogP contribution is 2.43. The van der Waals surface area contributed by atoms with Crippen molar-refractivity contribution in [3.05, 3.63) is 60.8 Å². The number of hydrogen-bond donors (Lipinski definition) is 5. The summed E-state index contributed by atoms with van der Waals surface area (Å²) < 4.78 is 47.7. The molecule has 0 amide bonds. The van der Waals surface area contributed by atoms with Gasteiger partial charge in [0, 0.05) is 12.8 Å². The second kappa shape index (κ2) is 39.6. The van der Waals surface area contributed by atoms with Crippen LogP contribution in [0.25, 0.3) is 0 Å². The topological polar surface area (TPSA) is 216 Å². The van der Waals surface area contributed by atoms with Gasteiger partial charge >= 0.3 is 27.6 Å². The number of rotatable bonds is 41. The Balaban J connectivity index is 4.68. The van der Waals surface area contributed by atoms with E-state index >= 15 is 0 Å². The zero-order valence-corrected chi connectivity index (χ0v) is 38.2. The van der Waals surface area contributed by atoms with Crippen LogP contribution in [0, 0.1) is 0 Å². The number of aliphatic hydroxyl groups is 2. The molecule has 16 heteroatoms. The van der Waals surface area contributed by atoms with Crippen molar-refractivity contribution in [3.8, 4) is 0 Å². The molecule has 5 N–H and O–H groups in total. The van der Waals surface area contributed by atoms with Gasteiger partial charge in [-0.1, -0.05) is 139 Å². The van der Waals surface area contributed by atoms with E-state index in [1.165, 1.54) is 64.2 Å². The van der Waals surface area contributed by atoms with Gasteiger partial charge in [-0.05, 0) is 70.6 Å². The first-order valence-electron chi connectivity index (χ1n) is 22.1. The fourth-order valence-corrected chi connectivity index (χ4v) is 6.69. The van der Waals surface area contributed by atoms with E-state index in [0.29, 0.717) is 32.1 Å². The Kier molecular flexibility index (Phi) is 38.1. The molecule has 0 rings (SSSR count). The zero-order valence-electron chi connectivity index (χ0n) is 36.4. The van der Waals surface area contributed by atoms with Crippen LogP contribution in [0.15, 0.2) is 60.8 Å². The summed E-state index contributed by atoms with van der Waals surface area (Å²) in [5.41, 5.74) is 0. The number of carbonyl (C=O) groups is 2. The molecular formula is C44H78O14P2. The van der Waals surface area contributed by atoms with Crippen molar-refractivity contribution in [2.24, 2.45) is 0 Å². The fourth-order valence-electron chi connectivity index (χ4n) is 5.54. The van der Waals surface area contributed by atoms with Gasteiger partial charge in [0.05, 0.1) is 25.9 Å². The van der Waals surface area contributed by atoms with Crippen molar-refractivity contribution in [3.63, 3.8) is 0 Å². The summed E-state index contributed by atoms with van der Waals surface area (Å²) >= 11 is 0. The largest absolute Gasteiger partial charge is 0.472 e. The Morgan fingerprint density at radius 3 is 1.73 bits per heavy atom. The van der Waals surface area contributed by atoms with Crippen LogP contribution in [0.2, 0.25) is 0 Å². The maximum atomic E-state index is 12.6. The third-order valence-electron chi connectivity index (χ3n) is 8.95. The number of ether oxygens (including phenoxy) is 2. The molecule has 0 saturated heterocycles. The highest BCUT2D eigenvalue weighted by molar-refractivity contribution is 7.47. The zero-order chi connectivity index (χ0) is 44.6. The minimum atomic E-state index is -4.88. The molecule has 0 aliphatic rings. The van der Waals surface area contributed by atoms with E-state index in [4.69, 9.17) is 23.8 Å². The van der Waals surface area contributed by atoms with Crippen molar-refractivity contribution in [1.82, 2.24) is 0 Å². The normalized spacial score (nSPS) is 15.1. The smallest absolute Gasteiger partial charge is 0.462 e. The highest BCUT2D eigenvalue weighted by Gasteiger charge is 2.28. The molecule has 0 aromatic rings. The van der Waals surface area contributed by atoms with Crippen LogP contribution in [0.3, 0.4) is 0 Å². The van der Waals surface area contributed by atoms with Crippen molar-refractivity contribution >= 4 is 27.6 Å². The summed E-state index contributed by atoms with van der Waals surface area (Å²) in [6.45, 7) is 1.56. The van der Waals surface area contributed by atoms with Crippen LogP contribution < -0.4 is 0 Å². The lowest BCUT2D eigenvalue weighted by Crippen LogP contribution is -2.29. The summed E-state index contributed by atoms with van der Waals surface area (Å²) in [6.07, 6.45) is 38.1. The Hall–Kier alpha value is -2.22. The standard InChI is InChI=1S/C44H78O14P2/c1-3-5-7-9-11-12-13-14-15-16-17-18-22-26-30-34-43(47)54-38-42(39-57-60(52,53)56-37-41(46)36-55-59(49,50)51)58-44(48)35-31-27-23-20-19-21-25-29-33-40(45)32-28-24-10-8-6-4-2/h12-13,20-21,23-25,28-29,33,40-42,45-46H,3-11,14-19,22,26-27,30-32,34-39H2,1-2H3,(H,52,53)(H2,49,50,51)/b13-12-,23-20-,25-21-,28-24-,33-29+/t40-,41-,42+/m0/s1. The number of carbonyl (C=O) groups excluding carboxylic acids is 2. The van der Waals surface area contributed by atoms with Gasteiger partial charge in [-0.15, -0.1) is 0 Å². The summed E-state index contributed by atoms with van der Waals surface area (Å²) in [7, 11) is -9.72. The lowest BCUT2D eigenvalue weighted by molar-refractivity contribution is -0.161. The average molecular weight is 893 g/mol. The molecule has 0 fully saturated rings. The second-order valence-corrected chi connectivity index (χ2v) is 17.5. The van der Waals surface area contributed by atoms with Crippen molar-refractivity contribution < 1.29 is 66.7 Å². The van der Waals surface area contributed by atoms with Gasteiger partial charge in [0.25, 0.3) is 0 Å². The minimum absolute atomic E-state index is 0.0210. The molecule has 60 heavy (non-hydrogen) atoms. The first-order chi connectivity index (χ1) is 28.8. The molecule has 1 unspecified atom stereocenters. The van der Waals surface area contributed by atoms with Gasteiger partial charge in [0.15, 0.2) is 6.10 Å². The van der Waals surface area contributed by atoms with Crippen LogP contribution in [-0.4, -0.2) is 81.6 Å². The molecule has 4 atom stereocenters. The summed E-state index contributed by atoms with van der Waals surface area (Å²) in [4.78, 5) is 52.7. The van der Waals surface area contributed by atoms with E-state index in [9.17, 15) is 33.8 Å². The van der Waals surface area contributed by atoms with E-state index in [1.54, 1.807) is 6.08 Å². The molecule has 0 aliphatic carbocycles. The molecule has 14 nitrogen and oxygen atoms in total. The number of aliphatic hydroxyl groups excluding tert-OH is 2. The van der Waals surface area contributed by atoms with Crippen molar-refractivity contribution in [2.45, 2.75) is 180 Å². The van der Waals surface area contributed by atoms with E-state index in [-0.39, 0.29) is 12.8 Å². The molecule has 0 bridgehead atoms. The Morgan fingerprint density at radius 1 is 0.550 bits per heavy atom. The van der Waals surface area contributed by atoms with E-state index in [2.05, 4.69) is 41.1 Å². The maximum absolute atomic E-state index is 12.6. The number of phosphoric acid groups is 2. The molecule has 0 aromatic heterocycles. The van der Waals surface area contributed by atoms with Gasteiger partial charge in [-0.25, -0.2) is 9.13 Å². The van der Waals surface area contributed by atoms with Crippen molar-refractivity contribution in [1.29, 1.82) is 0 Å². The SMILES string of the molecule is CCCCC/C=C\C[C@H](O)/C=C/C=C\C/C=C\CCCC(=O)O[C@H](COC(=O)CCCCCCCCC/C=C\CCCCCC)COP(=O)(O)OC[C@@H](O)COP(=O)(O)O. The van der Waals surface area contributed by atoms with E-state index < -0.39 is 72.3 Å². The minimum Gasteiger partial charge on any atom is -0.462 e. The molecule has 0 spiro atoms. The summed E-state index contributed by atoms with van der Waals surface area (Å²) in [5, 5.41) is 19.8. The predicted molar refractivity (Wildman–Crippen MR) is 236 cm³/mol. The number of allylic oxidation sites excluding steroid dienone is 8. The summed E-state index contributed by atoms with van der Waals surface area (Å²) in [6, 6.07) is 0. The molecule has 0 radical (unpaired) electrons. The molecular weight excluding hydrogens is 814 g/mol. The quantitative estimate of drug-likeness (QED) is 0.0127. The molecule has 0 saturated carbocycles. The molecule has 348 valence electrons. The van der Waals surface area contributed by atoms with Gasteiger partial charge in [-0.3, -0.25) is 23.2 Å². The van der Waals surface area contributed by atoms with Gasteiger partial charge < -0.3 is 34.4 Å². The second-order valence-electron chi connectivity index (χ2n) is 14.8. The molecule has 0 heterocycles. The average Bonchev–Trinajstić information content (AvgIpc) is 3.20. The van der Waals surface area contributed by atoms with Crippen LogP contribution in [0.4, 0.5) is 0 Å².